The van der Waals surface area contributed by atoms with Gasteiger partial charge in [0.2, 0.25) is 5.91 Å². The van der Waals surface area contributed by atoms with Gasteiger partial charge < -0.3 is 9.80 Å². The van der Waals surface area contributed by atoms with Crippen molar-refractivity contribution in [2.75, 3.05) is 31.1 Å². The van der Waals surface area contributed by atoms with E-state index in [1.165, 1.54) is 41.0 Å². The third-order valence-corrected chi connectivity index (χ3v) is 6.52. The molecule has 0 N–H and O–H groups in total. The molecule has 4 rings (SSSR count). The molecule has 2 aliphatic rings. The topological polar surface area (TPSA) is 23.6 Å². The van der Waals surface area contributed by atoms with Gasteiger partial charge in [-0.25, -0.2) is 0 Å². The highest BCUT2D eigenvalue weighted by Crippen LogP contribution is 2.30. The summed E-state index contributed by atoms with van der Waals surface area (Å²) in [5.74, 6) is 0.267. The van der Waals surface area contributed by atoms with Gasteiger partial charge in [-0.15, -0.1) is 11.8 Å². The van der Waals surface area contributed by atoms with E-state index in [9.17, 15) is 4.79 Å². The van der Waals surface area contributed by atoms with E-state index in [0.29, 0.717) is 0 Å². The van der Waals surface area contributed by atoms with Crippen LogP contribution in [0, 0.1) is 0 Å². The number of amides is 1. The van der Waals surface area contributed by atoms with Crippen LogP contribution in [-0.4, -0.2) is 42.2 Å². The number of nitrogens with zero attached hydrogens (tertiary/aromatic N) is 2. The van der Waals surface area contributed by atoms with Gasteiger partial charge in [0.05, 0.1) is 5.25 Å². The van der Waals surface area contributed by atoms with Crippen molar-refractivity contribution in [2.24, 2.45) is 0 Å². The minimum Gasteiger partial charge on any atom is -0.368 e. The van der Waals surface area contributed by atoms with Crippen molar-refractivity contribution in [2.45, 2.75) is 36.3 Å². The number of anilines is 1. The van der Waals surface area contributed by atoms with Gasteiger partial charge in [-0.1, -0.05) is 24.3 Å². The summed E-state index contributed by atoms with van der Waals surface area (Å²) < 4.78 is 0. The molecule has 0 saturated carbocycles. The predicted molar refractivity (Wildman–Crippen MR) is 109 cm³/mol. The van der Waals surface area contributed by atoms with Crippen LogP contribution in [0.5, 0.6) is 0 Å². The molecular weight excluding hydrogens is 340 g/mol. The molecule has 136 valence electrons. The number of aryl methyl sites for hydroxylation is 2. The zero-order chi connectivity index (χ0) is 17.9. The minimum absolute atomic E-state index is 0.0299. The molecule has 1 amide bonds. The molecular formula is C22H26N2OS. The molecule has 1 heterocycles. The van der Waals surface area contributed by atoms with Gasteiger partial charge in [-0.3, -0.25) is 4.79 Å². The number of thioether (sulfide) groups is 1. The van der Waals surface area contributed by atoms with Gasteiger partial charge in [-0.2, -0.15) is 0 Å². The summed E-state index contributed by atoms with van der Waals surface area (Å²) in [4.78, 5) is 18.5. The highest BCUT2D eigenvalue weighted by Gasteiger charge is 2.26. The fraction of sp³-hybridized carbons (Fsp3) is 0.409. The van der Waals surface area contributed by atoms with Crippen molar-refractivity contribution in [3.63, 3.8) is 0 Å². The second kappa shape index (κ2) is 7.75. The van der Waals surface area contributed by atoms with Gasteiger partial charge in [0, 0.05) is 36.8 Å². The average Bonchev–Trinajstić information content (AvgIpc) is 3.16. The van der Waals surface area contributed by atoms with Crippen molar-refractivity contribution in [1.29, 1.82) is 0 Å². The van der Waals surface area contributed by atoms with Crippen LogP contribution in [0.1, 0.15) is 24.5 Å². The molecule has 3 nitrogen and oxygen atoms in total. The maximum atomic E-state index is 12.9. The minimum atomic E-state index is -0.0299. The zero-order valence-corrected chi connectivity index (χ0v) is 16.2. The van der Waals surface area contributed by atoms with Crippen LogP contribution in [0.15, 0.2) is 53.4 Å². The molecule has 0 spiro atoms. The van der Waals surface area contributed by atoms with E-state index in [1.54, 1.807) is 11.8 Å². The Morgan fingerprint density at radius 2 is 1.69 bits per heavy atom. The summed E-state index contributed by atoms with van der Waals surface area (Å²) in [6, 6.07) is 17.2. The number of carbonyl (C=O) groups is 1. The number of piperazine rings is 1. The van der Waals surface area contributed by atoms with E-state index in [2.05, 4.69) is 47.4 Å². The molecule has 4 heteroatoms. The molecule has 0 radical (unpaired) electrons. The standard InChI is InChI=1S/C22H26N2OS/c1-17(26-21-11-10-18-6-5-7-19(18)16-21)22(25)24-14-12-23(13-15-24)20-8-3-2-4-9-20/h2-4,8-11,16-17H,5-7,12-15H2,1H3/t17-/m0/s1. The molecule has 26 heavy (non-hydrogen) atoms. The fourth-order valence-electron chi connectivity index (χ4n) is 3.96. The molecule has 1 aliphatic carbocycles. The SMILES string of the molecule is C[C@H](Sc1ccc2c(c1)CCC2)C(=O)N1CCN(c2ccccc2)CC1. The first-order chi connectivity index (χ1) is 12.7. The highest BCUT2D eigenvalue weighted by atomic mass is 32.2. The number of para-hydroxylation sites is 1. The Morgan fingerprint density at radius 3 is 2.46 bits per heavy atom. The second-order valence-corrected chi connectivity index (χ2v) is 8.61. The Balaban J connectivity index is 1.33. The third kappa shape index (κ3) is 3.75. The molecule has 1 fully saturated rings. The lowest BCUT2D eigenvalue weighted by Crippen LogP contribution is -2.50. The Bertz CT molecular complexity index is 769. The van der Waals surface area contributed by atoms with Gasteiger partial charge in [0.25, 0.3) is 0 Å². The third-order valence-electron chi connectivity index (χ3n) is 5.44. The summed E-state index contributed by atoms with van der Waals surface area (Å²) in [5.41, 5.74) is 4.22. The Hall–Kier alpha value is -1.94. The molecule has 0 unspecified atom stereocenters. The first-order valence-corrected chi connectivity index (χ1v) is 10.5. The molecule has 1 saturated heterocycles. The van der Waals surface area contributed by atoms with Gasteiger partial charge >= 0.3 is 0 Å². The lowest BCUT2D eigenvalue weighted by atomic mass is 10.1. The maximum Gasteiger partial charge on any atom is 0.235 e. The van der Waals surface area contributed by atoms with E-state index in [-0.39, 0.29) is 11.2 Å². The summed E-state index contributed by atoms with van der Waals surface area (Å²) in [6.45, 7) is 5.48. The van der Waals surface area contributed by atoms with E-state index >= 15 is 0 Å². The molecule has 0 aromatic heterocycles. The van der Waals surface area contributed by atoms with Crippen molar-refractivity contribution < 1.29 is 4.79 Å². The zero-order valence-electron chi connectivity index (χ0n) is 15.4. The Kier molecular flexibility index (Phi) is 5.21. The van der Waals surface area contributed by atoms with Crippen molar-refractivity contribution in [3.8, 4) is 0 Å². The number of hydrogen-bond donors (Lipinski definition) is 0. The first kappa shape index (κ1) is 17.5. The monoisotopic (exact) mass is 366 g/mol. The van der Waals surface area contributed by atoms with Gasteiger partial charge in [0.15, 0.2) is 0 Å². The number of carbonyl (C=O) groups excluding carboxylic acids is 1. The quantitative estimate of drug-likeness (QED) is 0.764. The van der Waals surface area contributed by atoms with Crippen molar-refractivity contribution >= 4 is 23.4 Å². The van der Waals surface area contributed by atoms with E-state index < -0.39 is 0 Å². The fourth-order valence-corrected chi connectivity index (χ4v) is 4.97. The first-order valence-electron chi connectivity index (χ1n) is 9.58. The van der Waals surface area contributed by atoms with E-state index in [4.69, 9.17) is 0 Å². The summed E-state index contributed by atoms with van der Waals surface area (Å²) in [7, 11) is 0. The Morgan fingerprint density at radius 1 is 0.962 bits per heavy atom. The lowest BCUT2D eigenvalue weighted by molar-refractivity contribution is -0.130. The molecule has 2 aromatic carbocycles. The summed E-state index contributed by atoms with van der Waals surface area (Å²) >= 11 is 1.70. The van der Waals surface area contributed by atoms with Crippen LogP contribution in [0.3, 0.4) is 0 Å². The summed E-state index contributed by atoms with van der Waals surface area (Å²) in [6.07, 6.45) is 3.66. The Labute approximate surface area is 160 Å². The van der Waals surface area contributed by atoms with E-state index in [0.717, 1.165) is 26.2 Å². The number of fused-ring (bicyclic) bond motifs is 1. The normalized spacial score (nSPS) is 17.9. The van der Waals surface area contributed by atoms with Crippen LogP contribution in [0.4, 0.5) is 5.69 Å². The average molecular weight is 367 g/mol. The van der Waals surface area contributed by atoms with E-state index in [1.807, 2.05) is 17.9 Å². The maximum absolute atomic E-state index is 12.9. The number of hydrogen-bond acceptors (Lipinski definition) is 3. The van der Waals surface area contributed by atoms with Crippen molar-refractivity contribution in [1.82, 2.24) is 4.90 Å². The van der Waals surface area contributed by atoms with Crippen LogP contribution >= 0.6 is 11.8 Å². The molecule has 1 atom stereocenters. The van der Waals surface area contributed by atoms with Crippen LogP contribution in [-0.2, 0) is 17.6 Å². The number of rotatable bonds is 4. The van der Waals surface area contributed by atoms with Gasteiger partial charge in [-0.05, 0) is 61.6 Å². The summed E-state index contributed by atoms with van der Waals surface area (Å²) in [5, 5.41) is -0.0299. The second-order valence-electron chi connectivity index (χ2n) is 7.19. The highest BCUT2D eigenvalue weighted by molar-refractivity contribution is 8.00. The van der Waals surface area contributed by atoms with Crippen LogP contribution in [0.25, 0.3) is 0 Å². The largest absolute Gasteiger partial charge is 0.368 e. The number of benzene rings is 2. The molecule has 1 aliphatic heterocycles. The molecule has 2 aromatic rings. The van der Waals surface area contributed by atoms with Gasteiger partial charge in [0.1, 0.15) is 0 Å². The van der Waals surface area contributed by atoms with Crippen LogP contribution < -0.4 is 4.90 Å². The smallest absolute Gasteiger partial charge is 0.235 e. The van der Waals surface area contributed by atoms with Crippen molar-refractivity contribution in [3.05, 3.63) is 59.7 Å². The molecule has 0 bridgehead atoms. The van der Waals surface area contributed by atoms with Crippen LogP contribution in [0.2, 0.25) is 0 Å². The lowest BCUT2D eigenvalue weighted by Gasteiger charge is -2.37. The predicted octanol–water partition coefficient (Wildman–Crippen LogP) is 4.00.